The van der Waals surface area contributed by atoms with Crippen LogP contribution in [0, 0.1) is 0 Å². The van der Waals surface area contributed by atoms with Crippen LogP contribution in [0.3, 0.4) is 0 Å². The molecule has 0 bridgehead atoms. The maximum Gasteiger partial charge on any atom is 0.255 e. The molecule has 0 radical (unpaired) electrons. The second kappa shape index (κ2) is 5.69. The number of halogens is 1. The van der Waals surface area contributed by atoms with Gasteiger partial charge in [0.15, 0.2) is 0 Å². The highest BCUT2D eigenvalue weighted by atomic mass is 35.5. The molecule has 0 spiro atoms. The molecule has 106 valence electrons. The van der Waals surface area contributed by atoms with Crippen LogP contribution in [-0.4, -0.2) is 5.91 Å². The average Bonchev–Trinajstić information content (AvgIpc) is 2.87. The molecule has 1 amide bonds. The molecule has 4 nitrogen and oxygen atoms in total. The molecule has 0 saturated carbocycles. The Bertz CT molecular complexity index is 620. The van der Waals surface area contributed by atoms with Gasteiger partial charge in [-0.3, -0.25) is 4.79 Å². The maximum absolute atomic E-state index is 12.2. The fourth-order valence-corrected chi connectivity index (χ4v) is 2.10. The SMILES string of the molecule is CC(C)(NC(=O)c1coc(CN)c1)c1cccc(Cl)c1. The van der Waals surface area contributed by atoms with Crippen LogP contribution in [0.25, 0.3) is 0 Å². The van der Waals surface area contributed by atoms with Gasteiger partial charge in [0.05, 0.1) is 17.6 Å². The number of amides is 1. The monoisotopic (exact) mass is 292 g/mol. The quantitative estimate of drug-likeness (QED) is 0.910. The number of carbonyl (C=O) groups excluding carboxylic acids is 1. The van der Waals surface area contributed by atoms with Crippen LogP contribution in [0.5, 0.6) is 0 Å². The van der Waals surface area contributed by atoms with Crippen LogP contribution in [0.1, 0.15) is 35.5 Å². The van der Waals surface area contributed by atoms with E-state index in [0.717, 1.165) is 5.56 Å². The predicted octanol–water partition coefficient (Wildman–Crippen LogP) is 3.06. The largest absolute Gasteiger partial charge is 0.467 e. The van der Waals surface area contributed by atoms with Crippen molar-refractivity contribution >= 4 is 17.5 Å². The minimum Gasteiger partial charge on any atom is -0.467 e. The van der Waals surface area contributed by atoms with Crippen LogP contribution >= 0.6 is 11.6 Å². The number of nitrogens with two attached hydrogens (primary N) is 1. The molecule has 0 aliphatic rings. The van der Waals surface area contributed by atoms with Crippen molar-refractivity contribution in [1.82, 2.24) is 5.32 Å². The Kier molecular flexibility index (Phi) is 4.16. The van der Waals surface area contributed by atoms with Crippen LogP contribution in [0.4, 0.5) is 0 Å². The highest BCUT2D eigenvalue weighted by Gasteiger charge is 2.24. The van der Waals surface area contributed by atoms with Gasteiger partial charge in [-0.25, -0.2) is 0 Å². The number of benzene rings is 1. The van der Waals surface area contributed by atoms with Crippen LogP contribution in [0.2, 0.25) is 5.02 Å². The van der Waals surface area contributed by atoms with Gasteiger partial charge in [0.2, 0.25) is 0 Å². The summed E-state index contributed by atoms with van der Waals surface area (Å²) in [5, 5.41) is 3.59. The number of nitrogens with one attached hydrogen (secondary N) is 1. The van der Waals surface area contributed by atoms with Gasteiger partial charge in [0.1, 0.15) is 12.0 Å². The van der Waals surface area contributed by atoms with Crippen molar-refractivity contribution in [1.29, 1.82) is 0 Å². The Labute approximate surface area is 122 Å². The summed E-state index contributed by atoms with van der Waals surface area (Å²) in [7, 11) is 0. The second-order valence-corrected chi connectivity index (χ2v) is 5.53. The van der Waals surface area contributed by atoms with Gasteiger partial charge in [0.25, 0.3) is 5.91 Å². The topological polar surface area (TPSA) is 68.3 Å². The van der Waals surface area contributed by atoms with Crippen LogP contribution in [0.15, 0.2) is 41.0 Å². The zero-order valence-electron chi connectivity index (χ0n) is 11.4. The van der Waals surface area contributed by atoms with Crippen molar-refractivity contribution in [2.75, 3.05) is 0 Å². The van der Waals surface area contributed by atoms with Crippen LogP contribution in [-0.2, 0) is 12.1 Å². The van der Waals surface area contributed by atoms with Gasteiger partial charge >= 0.3 is 0 Å². The Morgan fingerprint density at radius 1 is 1.40 bits per heavy atom. The lowest BCUT2D eigenvalue weighted by Gasteiger charge is -2.26. The first kappa shape index (κ1) is 14.6. The van der Waals surface area contributed by atoms with Crippen molar-refractivity contribution in [2.24, 2.45) is 5.73 Å². The summed E-state index contributed by atoms with van der Waals surface area (Å²) in [6.07, 6.45) is 1.41. The molecule has 0 atom stereocenters. The van der Waals surface area contributed by atoms with Gasteiger partial charge in [-0.1, -0.05) is 23.7 Å². The first-order chi connectivity index (χ1) is 9.42. The van der Waals surface area contributed by atoms with E-state index in [9.17, 15) is 4.79 Å². The molecule has 5 heteroatoms. The number of hydrogen-bond donors (Lipinski definition) is 2. The third kappa shape index (κ3) is 3.21. The number of furan rings is 1. The molecule has 1 heterocycles. The molecule has 0 fully saturated rings. The Morgan fingerprint density at radius 2 is 2.15 bits per heavy atom. The third-order valence-corrected chi connectivity index (χ3v) is 3.32. The van der Waals surface area contributed by atoms with Crippen LogP contribution < -0.4 is 11.1 Å². The lowest BCUT2D eigenvalue weighted by molar-refractivity contribution is 0.0911. The molecule has 3 N–H and O–H groups in total. The molecule has 0 saturated heterocycles. The normalized spacial score (nSPS) is 11.4. The first-order valence-corrected chi connectivity index (χ1v) is 6.66. The van der Waals surface area contributed by atoms with E-state index < -0.39 is 5.54 Å². The molecule has 0 aliphatic heterocycles. The van der Waals surface area contributed by atoms with Gasteiger partial charge in [0, 0.05) is 5.02 Å². The average molecular weight is 293 g/mol. The molecule has 0 unspecified atom stereocenters. The molecular weight excluding hydrogens is 276 g/mol. The summed E-state index contributed by atoms with van der Waals surface area (Å²) in [4.78, 5) is 12.2. The van der Waals surface area contributed by atoms with E-state index in [1.165, 1.54) is 6.26 Å². The maximum atomic E-state index is 12.2. The van der Waals surface area contributed by atoms with E-state index in [0.29, 0.717) is 16.3 Å². The third-order valence-electron chi connectivity index (χ3n) is 3.09. The van der Waals surface area contributed by atoms with E-state index in [2.05, 4.69) is 5.32 Å². The second-order valence-electron chi connectivity index (χ2n) is 5.10. The predicted molar refractivity (Wildman–Crippen MR) is 78.5 cm³/mol. The van der Waals surface area contributed by atoms with Crippen molar-refractivity contribution in [3.8, 4) is 0 Å². The van der Waals surface area contributed by atoms with Gasteiger partial charge in [-0.05, 0) is 37.6 Å². The lowest BCUT2D eigenvalue weighted by atomic mass is 9.94. The summed E-state index contributed by atoms with van der Waals surface area (Å²) < 4.78 is 5.17. The van der Waals surface area contributed by atoms with Gasteiger partial charge in [-0.2, -0.15) is 0 Å². The van der Waals surface area contributed by atoms with Crippen molar-refractivity contribution < 1.29 is 9.21 Å². The number of rotatable bonds is 4. The molecule has 1 aromatic heterocycles. The molecule has 0 aliphatic carbocycles. The Balaban J connectivity index is 2.17. The molecule has 2 aromatic rings. The van der Waals surface area contributed by atoms with Crippen molar-refractivity contribution in [2.45, 2.75) is 25.9 Å². The Morgan fingerprint density at radius 3 is 2.75 bits per heavy atom. The fourth-order valence-electron chi connectivity index (χ4n) is 1.91. The zero-order chi connectivity index (χ0) is 14.8. The van der Waals surface area contributed by atoms with Gasteiger partial charge in [-0.15, -0.1) is 0 Å². The minimum absolute atomic E-state index is 0.210. The molecular formula is C15H17ClN2O2. The summed E-state index contributed by atoms with van der Waals surface area (Å²) in [5.74, 6) is 0.370. The standard InChI is InChI=1S/C15H17ClN2O2/c1-15(2,11-4-3-5-12(16)7-11)18-14(19)10-6-13(8-17)20-9-10/h3-7,9H,8,17H2,1-2H3,(H,18,19). The highest BCUT2D eigenvalue weighted by Crippen LogP contribution is 2.23. The molecule has 2 rings (SSSR count). The first-order valence-electron chi connectivity index (χ1n) is 6.28. The highest BCUT2D eigenvalue weighted by molar-refractivity contribution is 6.30. The summed E-state index contributed by atoms with van der Waals surface area (Å²) in [6.45, 7) is 4.10. The van der Waals surface area contributed by atoms with E-state index in [1.54, 1.807) is 12.1 Å². The number of hydrogen-bond acceptors (Lipinski definition) is 3. The molecule has 20 heavy (non-hydrogen) atoms. The van der Waals surface area contributed by atoms with Crippen molar-refractivity contribution in [3.05, 3.63) is 58.5 Å². The number of carbonyl (C=O) groups is 1. The minimum atomic E-state index is -0.540. The summed E-state index contributed by atoms with van der Waals surface area (Å²) in [6, 6.07) is 9.06. The molecule has 1 aromatic carbocycles. The van der Waals surface area contributed by atoms with Gasteiger partial charge < -0.3 is 15.5 Å². The van der Waals surface area contributed by atoms with E-state index in [4.69, 9.17) is 21.8 Å². The zero-order valence-corrected chi connectivity index (χ0v) is 12.2. The summed E-state index contributed by atoms with van der Waals surface area (Å²) >= 11 is 5.98. The van der Waals surface area contributed by atoms with E-state index >= 15 is 0 Å². The smallest absolute Gasteiger partial charge is 0.255 e. The lowest BCUT2D eigenvalue weighted by Crippen LogP contribution is -2.40. The Hall–Kier alpha value is -1.78. The van der Waals surface area contributed by atoms with Crippen molar-refractivity contribution in [3.63, 3.8) is 0 Å². The van der Waals surface area contributed by atoms with E-state index in [1.807, 2.05) is 32.0 Å². The summed E-state index contributed by atoms with van der Waals surface area (Å²) in [5.41, 5.74) is 6.31. The fraction of sp³-hybridized carbons (Fsp3) is 0.267. The van der Waals surface area contributed by atoms with E-state index in [-0.39, 0.29) is 12.5 Å².